The summed E-state index contributed by atoms with van der Waals surface area (Å²) in [6.45, 7) is 6.59. The van der Waals surface area contributed by atoms with Crippen LogP contribution in [0, 0.1) is 11.7 Å². The van der Waals surface area contributed by atoms with Gasteiger partial charge in [0.2, 0.25) is 17.7 Å². The molecule has 4 aliphatic heterocycles. The monoisotopic (exact) mass is 484 g/mol. The van der Waals surface area contributed by atoms with Crippen LogP contribution in [0.3, 0.4) is 0 Å². The number of piperidine rings is 3. The molecular weight excluding hydrogens is 451 g/mol. The Morgan fingerprint density at radius 2 is 1.74 bits per heavy atom. The minimum Gasteiger partial charge on any atom is -0.342 e. The maximum atomic E-state index is 15.1. The molecular formula is C26H33FN4O4. The Bertz CT molecular complexity index is 1040. The average Bonchev–Trinajstić information content (AvgIpc) is 3.18. The minimum absolute atomic E-state index is 0.00829. The maximum Gasteiger partial charge on any atom is 0.255 e. The van der Waals surface area contributed by atoms with Crippen LogP contribution in [-0.2, 0) is 20.9 Å². The fourth-order valence-corrected chi connectivity index (χ4v) is 6.09. The molecule has 4 amide bonds. The van der Waals surface area contributed by atoms with E-state index in [-0.39, 0.29) is 48.9 Å². The fraction of sp³-hybridized carbons (Fsp3) is 0.615. The van der Waals surface area contributed by atoms with Crippen LogP contribution in [0.25, 0.3) is 0 Å². The van der Waals surface area contributed by atoms with Gasteiger partial charge in [-0.1, -0.05) is 13.0 Å². The number of hydrogen-bond donors (Lipinski definition) is 1. The van der Waals surface area contributed by atoms with Crippen molar-refractivity contribution in [3.8, 4) is 0 Å². The number of imide groups is 1. The molecule has 188 valence electrons. The molecule has 1 aromatic rings. The lowest BCUT2D eigenvalue weighted by atomic mass is 9.86. The molecule has 0 radical (unpaired) electrons. The van der Waals surface area contributed by atoms with Gasteiger partial charge < -0.3 is 14.7 Å². The molecule has 3 fully saturated rings. The number of halogens is 1. The number of fused-ring (bicyclic) bond motifs is 1. The first-order chi connectivity index (χ1) is 16.9. The summed E-state index contributed by atoms with van der Waals surface area (Å²) in [6.07, 6.45) is 3.67. The van der Waals surface area contributed by atoms with Crippen molar-refractivity contribution in [3.05, 3.63) is 34.6 Å². The van der Waals surface area contributed by atoms with Crippen molar-refractivity contribution in [1.82, 2.24) is 20.0 Å². The zero-order chi connectivity index (χ0) is 24.7. The van der Waals surface area contributed by atoms with Crippen LogP contribution in [0.2, 0.25) is 0 Å². The van der Waals surface area contributed by atoms with Crippen molar-refractivity contribution < 1.29 is 23.6 Å². The summed E-state index contributed by atoms with van der Waals surface area (Å²) in [5, 5.41) is 2.29. The predicted molar refractivity (Wildman–Crippen MR) is 126 cm³/mol. The SMILES string of the molecule is CCN1CCC(C(=O)N2CCC(c3cc4c(cc3F)C(=O)N(C3CCC(=O)NC3=O)C4)CC2)CC1. The lowest BCUT2D eigenvalue weighted by Crippen LogP contribution is -2.52. The highest BCUT2D eigenvalue weighted by Crippen LogP contribution is 2.36. The van der Waals surface area contributed by atoms with Gasteiger partial charge in [-0.15, -0.1) is 0 Å². The van der Waals surface area contributed by atoms with E-state index in [1.54, 1.807) is 6.07 Å². The third-order valence-corrected chi connectivity index (χ3v) is 8.27. The number of carbonyl (C=O) groups excluding carboxylic acids is 4. The number of rotatable bonds is 4. The summed E-state index contributed by atoms with van der Waals surface area (Å²) in [5.41, 5.74) is 1.60. The van der Waals surface area contributed by atoms with Gasteiger partial charge in [0, 0.05) is 37.5 Å². The van der Waals surface area contributed by atoms with E-state index in [2.05, 4.69) is 17.1 Å². The van der Waals surface area contributed by atoms with Crippen molar-refractivity contribution >= 4 is 23.6 Å². The van der Waals surface area contributed by atoms with Gasteiger partial charge in [-0.3, -0.25) is 24.5 Å². The number of likely N-dealkylation sites (tertiary alicyclic amines) is 2. The zero-order valence-electron chi connectivity index (χ0n) is 20.2. The Hall–Kier alpha value is -2.81. The van der Waals surface area contributed by atoms with E-state index in [0.29, 0.717) is 37.1 Å². The number of carbonyl (C=O) groups is 4. The Morgan fingerprint density at radius 3 is 2.40 bits per heavy atom. The van der Waals surface area contributed by atoms with Gasteiger partial charge in [0.1, 0.15) is 11.9 Å². The summed E-state index contributed by atoms with van der Waals surface area (Å²) in [5.74, 6) is -1.26. The van der Waals surface area contributed by atoms with E-state index in [1.165, 1.54) is 11.0 Å². The quantitative estimate of drug-likeness (QED) is 0.661. The molecule has 4 aliphatic rings. The highest BCUT2D eigenvalue weighted by atomic mass is 19.1. The molecule has 0 aliphatic carbocycles. The first-order valence-corrected chi connectivity index (χ1v) is 12.8. The molecule has 0 aromatic heterocycles. The van der Waals surface area contributed by atoms with E-state index >= 15 is 4.39 Å². The smallest absolute Gasteiger partial charge is 0.255 e. The topological polar surface area (TPSA) is 90.0 Å². The van der Waals surface area contributed by atoms with Crippen molar-refractivity contribution in [1.29, 1.82) is 0 Å². The van der Waals surface area contributed by atoms with E-state index in [0.717, 1.165) is 38.0 Å². The van der Waals surface area contributed by atoms with Gasteiger partial charge >= 0.3 is 0 Å². The summed E-state index contributed by atoms with van der Waals surface area (Å²) < 4.78 is 15.1. The van der Waals surface area contributed by atoms with Gasteiger partial charge in [-0.2, -0.15) is 0 Å². The average molecular weight is 485 g/mol. The normalized spacial score (nSPS) is 24.6. The molecule has 35 heavy (non-hydrogen) atoms. The lowest BCUT2D eigenvalue weighted by Gasteiger charge is -2.37. The van der Waals surface area contributed by atoms with Crippen LogP contribution in [0.1, 0.15) is 72.9 Å². The molecule has 1 unspecified atom stereocenters. The van der Waals surface area contributed by atoms with Gasteiger partial charge in [0.05, 0.1) is 0 Å². The largest absolute Gasteiger partial charge is 0.342 e. The number of amides is 4. The Kier molecular flexibility index (Phi) is 6.61. The number of nitrogens with zero attached hydrogens (tertiary/aromatic N) is 3. The third kappa shape index (κ3) is 4.58. The fourth-order valence-electron chi connectivity index (χ4n) is 6.09. The first-order valence-electron chi connectivity index (χ1n) is 12.8. The predicted octanol–water partition coefficient (Wildman–Crippen LogP) is 2.02. The molecule has 0 bridgehead atoms. The second kappa shape index (κ2) is 9.68. The Morgan fingerprint density at radius 1 is 1.03 bits per heavy atom. The molecule has 1 atom stereocenters. The Labute approximate surface area is 204 Å². The molecule has 4 heterocycles. The molecule has 5 rings (SSSR count). The van der Waals surface area contributed by atoms with E-state index in [1.807, 2.05) is 4.90 Å². The van der Waals surface area contributed by atoms with Crippen LogP contribution < -0.4 is 5.32 Å². The summed E-state index contributed by atoms with van der Waals surface area (Å²) in [7, 11) is 0. The van der Waals surface area contributed by atoms with Crippen molar-refractivity contribution in [2.24, 2.45) is 5.92 Å². The number of nitrogens with one attached hydrogen (secondary N) is 1. The van der Waals surface area contributed by atoms with Gasteiger partial charge in [-0.05, 0) is 74.8 Å². The van der Waals surface area contributed by atoms with E-state index in [9.17, 15) is 19.2 Å². The van der Waals surface area contributed by atoms with Gasteiger partial charge in [0.25, 0.3) is 5.91 Å². The van der Waals surface area contributed by atoms with Crippen molar-refractivity contribution in [2.75, 3.05) is 32.7 Å². The van der Waals surface area contributed by atoms with Crippen LogP contribution in [0.4, 0.5) is 4.39 Å². The van der Waals surface area contributed by atoms with Crippen LogP contribution >= 0.6 is 0 Å². The summed E-state index contributed by atoms with van der Waals surface area (Å²) >= 11 is 0. The standard InChI is InChI=1S/C26H33FN4O4/c1-2-29-9-5-17(6-10-29)25(34)30-11-7-16(8-12-30)19-13-18-15-31(26(35)20(18)14-21(19)27)22-3-4-23(32)28-24(22)33/h13-14,16-17,22H,2-12,15H2,1H3,(H,28,32,33). The van der Waals surface area contributed by atoms with Crippen molar-refractivity contribution in [3.63, 3.8) is 0 Å². The molecule has 3 saturated heterocycles. The molecule has 1 aromatic carbocycles. The highest BCUT2D eigenvalue weighted by Gasteiger charge is 2.40. The van der Waals surface area contributed by atoms with Gasteiger partial charge in [0.15, 0.2) is 0 Å². The minimum atomic E-state index is -0.711. The van der Waals surface area contributed by atoms with Crippen LogP contribution in [0.5, 0.6) is 0 Å². The molecule has 8 nitrogen and oxygen atoms in total. The van der Waals surface area contributed by atoms with Crippen molar-refractivity contribution in [2.45, 2.75) is 64.0 Å². The van der Waals surface area contributed by atoms with E-state index in [4.69, 9.17) is 0 Å². The first kappa shape index (κ1) is 23.9. The number of benzene rings is 1. The zero-order valence-corrected chi connectivity index (χ0v) is 20.2. The highest BCUT2D eigenvalue weighted by molar-refractivity contribution is 6.05. The molecule has 9 heteroatoms. The summed E-state index contributed by atoms with van der Waals surface area (Å²) in [6, 6.07) is 2.37. The number of hydrogen-bond acceptors (Lipinski definition) is 5. The Balaban J connectivity index is 1.23. The molecule has 1 N–H and O–H groups in total. The maximum absolute atomic E-state index is 15.1. The van der Waals surface area contributed by atoms with Crippen LogP contribution in [-0.4, -0.2) is 77.1 Å². The van der Waals surface area contributed by atoms with Gasteiger partial charge in [-0.25, -0.2) is 4.39 Å². The second-order valence-electron chi connectivity index (χ2n) is 10.2. The molecule has 0 saturated carbocycles. The van der Waals surface area contributed by atoms with E-state index < -0.39 is 17.8 Å². The lowest BCUT2D eigenvalue weighted by molar-refractivity contribution is -0.138. The summed E-state index contributed by atoms with van der Waals surface area (Å²) in [4.78, 5) is 55.4. The molecule has 0 spiro atoms. The van der Waals surface area contributed by atoms with Crippen LogP contribution in [0.15, 0.2) is 12.1 Å². The third-order valence-electron chi connectivity index (χ3n) is 8.27. The second-order valence-corrected chi connectivity index (χ2v) is 10.2.